The summed E-state index contributed by atoms with van der Waals surface area (Å²) >= 11 is 0. The van der Waals surface area contributed by atoms with Crippen molar-refractivity contribution in [2.75, 3.05) is 18.8 Å². The third-order valence-corrected chi connectivity index (χ3v) is 5.94. The van der Waals surface area contributed by atoms with E-state index >= 15 is 0 Å². The third kappa shape index (κ3) is 6.28. The fourth-order valence-corrected chi connectivity index (χ4v) is 4.32. The van der Waals surface area contributed by atoms with Gasteiger partial charge in [-0.25, -0.2) is 13.4 Å². The molecule has 154 valence electrons. The van der Waals surface area contributed by atoms with Crippen LogP contribution in [-0.2, 0) is 22.1 Å². The van der Waals surface area contributed by atoms with E-state index in [1.807, 2.05) is 66.1 Å². The van der Waals surface area contributed by atoms with E-state index in [0.717, 1.165) is 17.0 Å². The summed E-state index contributed by atoms with van der Waals surface area (Å²) in [6.07, 6.45) is 2.41. The standard InChI is InChI=1S/C20H26N6O2S/c1-2-21-20(23-15-19-25-24-18-11-6-7-13-26(18)19)22-12-8-14-29(27,28)16-17-9-4-3-5-10-17/h3-7,9-11,13H,2,8,12,14-16H2,1H3,(H2,21,22,23). The van der Waals surface area contributed by atoms with Gasteiger partial charge in [0.1, 0.15) is 6.54 Å². The van der Waals surface area contributed by atoms with Gasteiger partial charge in [-0.3, -0.25) is 4.40 Å². The summed E-state index contributed by atoms with van der Waals surface area (Å²) in [5, 5.41) is 14.6. The van der Waals surface area contributed by atoms with Gasteiger partial charge < -0.3 is 10.6 Å². The molecule has 0 unspecified atom stereocenters. The van der Waals surface area contributed by atoms with Crippen molar-refractivity contribution >= 4 is 21.4 Å². The van der Waals surface area contributed by atoms with E-state index in [-0.39, 0.29) is 11.5 Å². The first kappa shape index (κ1) is 20.8. The molecule has 3 rings (SSSR count). The van der Waals surface area contributed by atoms with Crippen LogP contribution < -0.4 is 10.6 Å². The number of hydrogen-bond donors (Lipinski definition) is 2. The van der Waals surface area contributed by atoms with E-state index in [1.165, 1.54) is 0 Å². The van der Waals surface area contributed by atoms with Crippen LogP contribution in [-0.4, -0.2) is 47.8 Å². The smallest absolute Gasteiger partial charge is 0.191 e. The number of aliphatic imine (C=N–C) groups is 1. The normalized spacial score (nSPS) is 12.2. The lowest BCUT2D eigenvalue weighted by Gasteiger charge is -2.11. The number of nitrogens with zero attached hydrogens (tertiary/aromatic N) is 4. The first-order valence-corrected chi connectivity index (χ1v) is 11.4. The Labute approximate surface area is 171 Å². The lowest BCUT2D eigenvalue weighted by atomic mass is 10.2. The summed E-state index contributed by atoms with van der Waals surface area (Å²) in [4.78, 5) is 4.53. The Morgan fingerprint density at radius 1 is 1.07 bits per heavy atom. The Balaban J connectivity index is 1.51. The van der Waals surface area contributed by atoms with Crippen LogP contribution in [0.4, 0.5) is 0 Å². The predicted molar refractivity (Wildman–Crippen MR) is 114 cm³/mol. The molecule has 2 aromatic heterocycles. The molecule has 0 atom stereocenters. The Bertz CT molecular complexity index is 1050. The average molecular weight is 415 g/mol. The second-order valence-electron chi connectivity index (χ2n) is 6.60. The minimum absolute atomic E-state index is 0.0714. The van der Waals surface area contributed by atoms with Gasteiger partial charge in [-0.15, -0.1) is 10.2 Å². The van der Waals surface area contributed by atoms with Crippen LogP contribution in [0.5, 0.6) is 0 Å². The number of benzene rings is 1. The molecule has 0 aliphatic carbocycles. The highest BCUT2D eigenvalue weighted by atomic mass is 32.2. The largest absolute Gasteiger partial charge is 0.357 e. The lowest BCUT2D eigenvalue weighted by Crippen LogP contribution is -2.38. The Hall–Kier alpha value is -2.94. The van der Waals surface area contributed by atoms with Crippen LogP contribution in [0.15, 0.2) is 59.7 Å². The maximum Gasteiger partial charge on any atom is 0.191 e. The van der Waals surface area contributed by atoms with Gasteiger partial charge in [0.05, 0.1) is 11.5 Å². The molecule has 0 aliphatic heterocycles. The molecule has 29 heavy (non-hydrogen) atoms. The van der Waals surface area contributed by atoms with Gasteiger partial charge in [0.2, 0.25) is 0 Å². The molecule has 0 fully saturated rings. The highest BCUT2D eigenvalue weighted by molar-refractivity contribution is 7.90. The minimum Gasteiger partial charge on any atom is -0.357 e. The van der Waals surface area contributed by atoms with Crippen molar-refractivity contribution in [1.82, 2.24) is 25.2 Å². The lowest BCUT2D eigenvalue weighted by molar-refractivity contribution is 0.591. The molecule has 2 heterocycles. The van der Waals surface area contributed by atoms with Gasteiger partial charge in [-0.05, 0) is 31.0 Å². The molecular weight excluding hydrogens is 388 g/mol. The number of fused-ring (bicyclic) bond motifs is 1. The molecule has 2 N–H and O–H groups in total. The predicted octanol–water partition coefficient (Wildman–Crippen LogP) is 1.79. The van der Waals surface area contributed by atoms with Crippen molar-refractivity contribution in [3.05, 3.63) is 66.1 Å². The summed E-state index contributed by atoms with van der Waals surface area (Å²) in [5.74, 6) is 1.56. The molecule has 0 saturated carbocycles. The fourth-order valence-electron chi connectivity index (χ4n) is 2.89. The number of hydrogen-bond acceptors (Lipinski definition) is 5. The zero-order valence-electron chi connectivity index (χ0n) is 16.5. The van der Waals surface area contributed by atoms with E-state index in [1.54, 1.807) is 0 Å². The van der Waals surface area contributed by atoms with Crippen LogP contribution in [0.25, 0.3) is 5.65 Å². The molecular formula is C20H26N6O2S. The number of sulfone groups is 1. The zero-order valence-corrected chi connectivity index (χ0v) is 17.3. The van der Waals surface area contributed by atoms with Crippen LogP contribution in [0.2, 0.25) is 0 Å². The summed E-state index contributed by atoms with van der Waals surface area (Å²) in [6.45, 7) is 3.57. The Morgan fingerprint density at radius 3 is 2.66 bits per heavy atom. The van der Waals surface area contributed by atoms with Gasteiger partial charge in [-0.1, -0.05) is 36.4 Å². The van der Waals surface area contributed by atoms with Crippen LogP contribution in [0.1, 0.15) is 24.7 Å². The highest BCUT2D eigenvalue weighted by Gasteiger charge is 2.11. The number of rotatable bonds is 9. The van der Waals surface area contributed by atoms with Gasteiger partial charge in [0, 0.05) is 19.3 Å². The second-order valence-corrected chi connectivity index (χ2v) is 8.78. The van der Waals surface area contributed by atoms with Crippen molar-refractivity contribution in [3.63, 3.8) is 0 Å². The first-order valence-electron chi connectivity index (χ1n) is 9.62. The molecule has 8 nitrogen and oxygen atoms in total. The molecule has 3 aromatic rings. The van der Waals surface area contributed by atoms with Gasteiger partial charge >= 0.3 is 0 Å². The molecule has 1 aromatic carbocycles. The van der Waals surface area contributed by atoms with Gasteiger partial charge in [0.25, 0.3) is 0 Å². The van der Waals surface area contributed by atoms with Crippen LogP contribution in [0, 0.1) is 0 Å². The third-order valence-electron chi connectivity index (χ3n) is 4.26. The second kappa shape index (κ2) is 10.0. The number of aromatic nitrogens is 3. The molecule has 9 heteroatoms. The Morgan fingerprint density at radius 2 is 1.86 bits per heavy atom. The SMILES string of the molecule is CCNC(=NCc1nnc2ccccn12)NCCCS(=O)(=O)Cc1ccccc1. The number of pyridine rings is 1. The minimum atomic E-state index is -3.14. The van der Waals surface area contributed by atoms with Gasteiger partial charge in [-0.2, -0.15) is 0 Å². The molecule has 0 spiro atoms. The monoisotopic (exact) mass is 414 g/mol. The molecule has 0 saturated heterocycles. The van der Waals surface area contributed by atoms with E-state index in [4.69, 9.17) is 0 Å². The summed E-state index contributed by atoms with van der Waals surface area (Å²) in [6, 6.07) is 15.0. The van der Waals surface area contributed by atoms with Gasteiger partial charge in [0.15, 0.2) is 27.3 Å². The number of guanidine groups is 1. The van der Waals surface area contributed by atoms with E-state index < -0.39 is 9.84 Å². The summed E-state index contributed by atoms with van der Waals surface area (Å²) in [7, 11) is -3.14. The summed E-state index contributed by atoms with van der Waals surface area (Å²) in [5.41, 5.74) is 1.59. The molecule has 0 amide bonds. The van der Waals surface area contributed by atoms with E-state index in [0.29, 0.717) is 32.0 Å². The fraction of sp³-hybridized carbons (Fsp3) is 0.350. The maximum absolute atomic E-state index is 12.3. The van der Waals surface area contributed by atoms with Crippen LogP contribution in [0.3, 0.4) is 0 Å². The number of nitrogens with one attached hydrogen (secondary N) is 2. The van der Waals surface area contributed by atoms with Crippen molar-refractivity contribution in [2.24, 2.45) is 4.99 Å². The molecule has 0 bridgehead atoms. The quantitative estimate of drug-likeness (QED) is 0.315. The van der Waals surface area contributed by atoms with Crippen molar-refractivity contribution in [1.29, 1.82) is 0 Å². The topological polar surface area (TPSA) is 101 Å². The van der Waals surface area contributed by atoms with Crippen molar-refractivity contribution in [3.8, 4) is 0 Å². The van der Waals surface area contributed by atoms with Crippen molar-refractivity contribution in [2.45, 2.75) is 25.6 Å². The molecule has 0 radical (unpaired) electrons. The van der Waals surface area contributed by atoms with E-state index in [2.05, 4.69) is 25.8 Å². The first-order chi connectivity index (χ1) is 14.1. The molecule has 0 aliphatic rings. The maximum atomic E-state index is 12.3. The average Bonchev–Trinajstić information content (AvgIpc) is 3.13. The Kier molecular flexibility index (Phi) is 7.18. The van der Waals surface area contributed by atoms with Crippen LogP contribution >= 0.6 is 0 Å². The van der Waals surface area contributed by atoms with Crippen molar-refractivity contribution < 1.29 is 8.42 Å². The highest BCUT2D eigenvalue weighted by Crippen LogP contribution is 2.07. The summed E-state index contributed by atoms with van der Waals surface area (Å²) < 4.78 is 26.5. The zero-order chi connectivity index (χ0) is 20.5. The van der Waals surface area contributed by atoms with E-state index in [9.17, 15) is 8.42 Å².